The van der Waals surface area contributed by atoms with Gasteiger partial charge in [0.15, 0.2) is 5.78 Å². The Labute approximate surface area is 115 Å². The molecule has 19 heavy (non-hydrogen) atoms. The number of fused-ring (bicyclic) bond motifs is 5. The van der Waals surface area contributed by atoms with Gasteiger partial charge >= 0.3 is 0 Å². The van der Waals surface area contributed by atoms with Crippen molar-refractivity contribution in [2.75, 3.05) is 0 Å². The topological polar surface area (TPSA) is 37.3 Å². The van der Waals surface area contributed by atoms with E-state index in [-0.39, 0.29) is 6.10 Å². The zero-order valence-corrected chi connectivity index (χ0v) is 11.6. The van der Waals surface area contributed by atoms with E-state index in [0.717, 1.165) is 43.4 Å². The molecule has 0 aromatic carbocycles. The van der Waals surface area contributed by atoms with E-state index >= 15 is 0 Å². The maximum atomic E-state index is 11.6. The molecule has 0 radical (unpaired) electrons. The molecule has 3 saturated carbocycles. The summed E-state index contributed by atoms with van der Waals surface area (Å²) >= 11 is 0. The fourth-order valence-electron chi connectivity index (χ4n) is 5.81. The van der Waals surface area contributed by atoms with Gasteiger partial charge in [-0.05, 0) is 80.6 Å². The molecule has 4 aliphatic rings. The van der Waals surface area contributed by atoms with E-state index in [9.17, 15) is 9.90 Å². The number of allylic oxidation sites excluding steroid dienone is 1. The summed E-state index contributed by atoms with van der Waals surface area (Å²) in [7, 11) is 0. The first kappa shape index (κ1) is 12.1. The number of aliphatic hydroxyl groups excluding tert-OH is 1. The Hall–Kier alpha value is -0.630. The first-order chi connectivity index (χ1) is 9.24. The molecule has 2 nitrogen and oxygen atoms in total. The van der Waals surface area contributed by atoms with Crippen LogP contribution in [0.1, 0.15) is 51.4 Å². The number of hydrogen-bond acceptors (Lipinski definition) is 2. The molecule has 1 N–H and O–H groups in total. The van der Waals surface area contributed by atoms with Gasteiger partial charge in [0.2, 0.25) is 0 Å². The van der Waals surface area contributed by atoms with Crippen molar-refractivity contribution in [1.29, 1.82) is 0 Å². The summed E-state index contributed by atoms with van der Waals surface area (Å²) in [6, 6.07) is 0. The quantitative estimate of drug-likeness (QED) is 0.726. The van der Waals surface area contributed by atoms with Gasteiger partial charge in [0, 0.05) is 6.42 Å². The molecule has 0 heterocycles. The van der Waals surface area contributed by atoms with Gasteiger partial charge in [0.05, 0.1) is 6.10 Å². The molecule has 0 unspecified atom stereocenters. The molecule has 3 fully saturated rings. The first-order valence-corrected chi connectivity index (χ1v) is 8.15. The van der Waals surface area contributed by atoms with Crippen LogP contribution >= 0.6 is 0 Å². The van der Waals surface area contributed by atoms with E-state index < -0.39 is 0 Å². The van der Waals surface area contributed by atoms with Crippen molar-refractivity contribution in [3.63, 3.8) is 0 Å². The zero-order chi connectivity index (χ0) is 13.0. The number of aliphatic hydroxyl groups is 1. The lowest BCUT2D eigenvalue weighted by Gasteiger charge is -2.49. The minimum absolute atomic E-state index is 0.0178. The number of carbonyl (C=O) groups is 1. The smallest absolute Gasteiger partial charge is 0.155 e. The summed E-state index contributed by atoms with van der Waals surface area (Å²) in [4.78, 5) is 11.6. The third-order valence-corrected chi connectivity index (χ3v) is 6.58. The maximum Gasteiger partial charge on any atom is 0.155 e. The van der Waals surface area contributed by atoms with E-state index in [4.69, 9.17) is 0 Å². The van der Waals surface area contributed by atoms with Crippen LogP contribution in [0.4, 0.5) is 0 Å². The second-order valence-corrected chi connectivity index (χ2v) is 7.25. The second kappa shape index (κ2) is 4.44. The predicted octanol–water partition coefficient (Wildman–Crippen LogP) is 3.10. The molecule has 0 aliphatic heterocycles. The summed E-state index contributed by atoms with van der Waals surface area (Å²) in [5.41, 5.74) is 1.47. The van der Waals surface area contributed by atoms with Gasteiger partial charge in [-0.2, -0.15) is 0 Å². The van der Waals surface area contributed by atoms with Crippen LogP contribution in [0.2, 0.25) is 0 Å². The minimum Gasteiger partial charge on any atom is -0.393 e. The molecule has 0 aromatic rings. The fourth-order valence-corrected chi connectivity index (χ4v) is 5.81. The Morgan fingerprint density at radius 3 is 2.47 bits per heavy atom. The normalized spacial score (nSPS) is 49.1. The van der Waals surface area contributed by atoms with Crippen molar-refractivity contribution in [2.45, 2.75) is 57.5 Å². The van der Waals surface area contributed by atoms with E-state index in [0.29, 0.717) is 17.6 Å². The van der Waals surface area contributed by atoms with Crippen LogP contribution in [0.3, 0.4) is 0 Å². The largest absolute Gasteiger partial charge is 0.393 e. The van der Waals surface area contributed by atoms with Crippen LogP contribution in [-0.4, -0.2) is 17.0 Å². The lowest BCUT2D eigenvalue weighted by atomic mass is 9.56. The third kappa shape index (κ3) is 1.83. The van der Waals surface area contributed by atoms with Gasteiger partial charge in [-0.3, -0.25) is 4.79 Å². The lowest BCUT2D eigenvalue weighted by molar-refractivity contribution is -0.115. The summed E-state index contributed by atoms with van der Waals surface area (Å²) < 4.78 is 0. The fraction of sp³-hybridized carbons (Fsp3) is 0.824. The van der Waals surface area contributed by atoms with Crippen molar-refractivity contribution in [3.8, 4) is 0 Å². The highest BCUT2D eigenvalue weighted by Gasteiger charge is 2.49. The van der Waals surface area contributed by atoms with Gasteiger partial charge in [-0.15, -0.1) is 0 Å². The summed E-state index contributed by atoms with van der Waals surface area (Å²) in [6.45, 7) is 0. The number of carbonyl (C=O) groups excluding carboxylic acids is 1. The molecule has 104 valence electrons. The molecule has 2 heteroatoms. The van der Waals surface area contributed by atoms with E-state index in [1.54, 1.807) is 0 Å². The molecule has 4 rings (SSSR count). The highest BCUT2D eigenvalue weighted by Crippen LogP contribution is 2.56. The van der Waals surface area contributed by atoms with Gasteiger partial charge in [-0.25, -0.2) is 0 Å². The number of ketones is 1. The Morgan fingerprint density at radius 1 is 0.842 bits per heavy atom. The predicted molar refractivity (Wildman–Crippen MR) is 73.5 cm³/mol. The van der Waals surface area contributed by atoms with E-state index in [2.05, 4.69) is 0 Å². The Kier molecular flexibility index (Phi) is 2.84. The zero-order valence-electron chi connectivity index (χ0n) is 11.6. The Balaban J connectivity index is 1.60. The SMILES string of the molecule is O=C1C=C2CC[C@H]3[C@@H]4CC[C@H](O)[C@H]4CC[C@@H]3[C@H]2CC1. The van der Waals surface area contributed by atoms with Crippen LogP contribution < -0.4 is 0 Å². The number of rotatable bonds is 0. The Morgan fingerprint density at radius 2 is 1.58 bits per heavy atom. The van der Waals surface area contributed by atoms with Crippen molar-refractivity contribution >= 4 is 5.78 Å². The van der Waals surface area contributed by atoms with Gasteiger partial charge in [0.25, 0.3) is 0 Å². The van der Waals surface area contributed by atoms with Gasteiger partial charge < -0.3 is 5.11 Å². The first-order valence-electron chi connectivity index (χ1n) is 8.15. The van der Waals surface area contributed by atoms with Gasteiger partial charge in [0.1, 0.15) is 0 Å². The molecule has 0 bridgehead atoms. The molecule has 0 amide bonds. The average Bonchev–Trinajstić information content (AvgIpc) is 2.80. The monoisotopic (exact) mass is 260 g/mol. The third-order valence-electron chi connectivity index (χ3n) is 6.58. The van der Waals surface area contributed by atoms with Crippen molar-refractivity contribution < 1.29 is 9.90 Å². The van der Waals surface area contributed by atoms with Gasteiger partial charge in [-0.1, -0.05) is 5.57 Å². The molecule has 0 aromatic heterocycles. The standard InChI is InChI=1S/C17H24O2/c18-11-2-4-12-10(9-11)1-3-14-13(12)5-6-16-15(14)7-8-17(16)19/h9,12-17,19H,1-8H2/t12-,13+,14+,15-,16-,17-/m0/s1. The second-order valence-electron chi connectivity index (χ2n) is 7.25. The molecular weight excluding hydrogens is 236 g/mol. The summed E-state index contributed by atoms with van der Waals surface area (Å²) in [6.07, 6.45) is 11.0. The highest BCUT2D eigenvalue weighted by atomic mass is 16.3. The Bertz CT molecular complexity index is 425. The molecular formula is C17H24O2. The van der Waals surface area contributed by atoms with Crippen LogP contribution in [0.25, 0.3) is 0 Å². The van der Waals surface area contributed by atoms with Crippen molar-refractivity contribution in [2.24, 2.45) is 29.6 Å². The van der Waals surface area contributed by atoms with E-state index in [1.807, 2.05) is 6.08 Å². The maximum absolute atomic E-state index is 11.6. The molecule has 6 atom stereocenters. The van der Waals surface area contributed by atoms with Crippen LogP contribution in [0, 0.1) is 29.6 Å². The van der Waals surface area contributed by atoms with Crippen LogP contribution in [-0.2, 0) is 4.79 Å². The van der Waals surface area contributed by atoms with E-state index in [1.165, 1.54) is 31.3 Å². The summed E-state index contributed by atoms with van der Waals surface area (Å²) in [5.74, 6) is 4.10. The highest BCUT2D eigenvalue weighted by molar-refractivity contribution is 5.91. The van der Waals surface area contributed by atoms with Crippen LogP contribution in [0.15, 0.2) is 11.6 Å². The summed E-state index contributed by atoms with van der Waals surface area (Å²) in [5, 5.41) is 10.1. The van der Waals surface area contributed by atoms with Crippen molar-refractivity contribution in [3.05, 3.63) is 11.6 Å². The molecule has 0 saturated heterocycles. The van der Waals surface area contributed by atoms with Crippen molar-refractivity contribution in [1.82, 2.24) is 0 Å². The molecule has 4 aliphatic carbocycles. The minimum atomic E-state index is -0.0178. The lowest BCUT2D eigenvalue weighted by Crippen LogP contribution is -2.42. The average molecular weight is 260 g/mol. The number of hydrogen-bond donors (Lipinski definition) is 1. The van der Waals surface area contributed by atoms with Crippen LogP contribution in [0.5, 0.6) is 0 Å². The molecule has 0 spiro atoms.